The van der Waals surface area contributed by atoms with E-state index in [1.165, 1.54) is 5.56 Å². The third-order valence-electron chi connectivity index (χ3n) is 5.63. The summed E-state index contributed by atoms with van der Waals surface area (Å²) >= 11 is 0. The predicted molar refractivity (Wildman–Crippen MR) is 112 cm³/mol. The molecule has 3 rings (SSSR count). The van der Waals surface area contributed by atoms with E-state index in [1.807, 2.05) is 30.9 Å². The molecule has 0 bridgehead atoms. The van der Waals surface area contributed by atoms with Gasteiger partial charge in [0.25, 0.3) is 0 Å². The van der Waals surface area contributed by atoms with Crippen molar-refractivity contribution in [2.45, 2.75) is 64.6 Å². The summed E-state index contributed by atoms with van der Waals surface area (Å²) in [5, 5.41) is 2.72. The van der Waals surface area contributed by atoms with Crippen molar-refractivity contribution in [1.29, 1.82) is 0 Å². The molecule has 1 aromatic rings. The lowest BCUT2D eigenvalue weighted by Gasteiger charge is -2.30. The molecular formula is C21H32ClN3O3. The van der Waals surface area contributed by atoms with Crippen molar-refractivity contribution in [2.24, 2.45) is 11.7 Å². The minimum absolute atomic E-state index is 0. The first-order valence-electron chi connectivity index (χ1n) is 10.0. The topological polar surface area (TPSA) is 84.7 Å². The Morgan fingerprint density at radius 2 is 2.00 bits per heavy atom. The SMILES string of the molecule is CC(C)[C@H](N)C(=O)NCC(=O)N(Cc1ccc2c(c1)CCO2)C1CCCC1.Cl. The second-order valence-corrected chi connectivity index (χ2v) is 7.99. The molecule has 1 saturated carbocycles. The second-order valence-electron chi connectivity index (χ2n) is 7.99. The Hall–Kier alpha value is -1.79. The lowest BCUT2D eigenvalue weighted by Crippen LogP contribution is -2.49. The van der Waals surface area contributed by atoms with Crippen molar-refractivity contribution in [1.82, 2.24) is 10.2 Å². The first-order valence-corrected chi connectivity index (χ1v) is 10.0. The molecule has 1 aliphatic heterocycles. The number of nitrogens with two attached hydrogens (primary N) is 1. The average Bonchev–Trinajstić information content (AvgIpc) is 3.34. The van der Waals surface area contributed by atoms with Crippen LogP contribution in [0.1, 0.15) is 50.7 Å². The molecule has 0 saturated heterocycles. The van der Waals surface area contributed by atoms with E-state index in [0.29, 0.717) is 6.54 Å². The van der Waals surface area contributed by atoms with Gasteiger partial charge >= 0.3 is 0 Å². The summed E-state index contributed by atoms with van der Waals surface area (Å²) in [6.45, 7) is 5.10. The third-order valence-corrected chi connectivity index (χ3v) is 5.63. The minimum Gasteiger partial charge on any atom is -0.493 e. The van der Waals surface area contributed by atoms with Gasteiger partial charge in [0.15, 0.2) is 0 Å². The Kier molecular flexibility index (Phi) is 8.13. The molecule has 156 valence electrons. The lowest BCUT2D eigenvalue weighted by molar-refractivity contribution is -0.135. The summed E-state index contributed by atoms with van der Waals surface area (Å²) in [4.78, 5) is 26.9. The molecule has 0 aromatic heterocycles. The lowest BCUT2D eigenvalue weighted by atomic mass is 10.1. The average molecular weight is 410 g/mol. The minimum atomic E-state index is -0.588. The van der Waals surface area contributed by atoms with Crippen molar-refractivity contribution < 1.29 is 14.3 Å². The van der Waals surface area contributed by atoms with Gasteiger partial charge < -0.3 is 20.7 Å². The van der Waals surface area contributed by atoms with Gasteiger partial charge in [-0.25, -0.2) is 0 Å². The molecule has 1 aromatic carbocycles. The fourth-order valence-corrected chi connectivity index (χ4v) is 3.86. The number of hydrogen-bond donors (Lipinski definition) is 2. The first kappa shape index (κ1) is 22.5. The van der Waals surface area contributed by atoms with Gasteiger partial charge in [0.2, 0.25) is 11.8 Å². The number of ether oxygens (including phenoxy) is 1. The number of fused-ring (bicyclic) bond motifs is 1. The zero-order valence-electron chi connectivity index (χ0n) is 16.8. The van der Waals surface area contributed by atoms with E-state index >= 15 is 0 Å². The molecule has 2 aliphatic rings. The van der Waals surface area contributed by atoms with Gasteiger partial charge in [-0.1, -0.05) is 38.8 Å². The molecule has 28 heavy (non-hydrogen) atoms. The van der Waals surface area contributed by atoms with Crippen LogP contribution in [0.3, 0.4) is 0 Å². The van der Waals surface area contributed by atoms with Gasteiger partial charge in [-0.3, -0.25) is 9.59 Å². The highest BCUT2D eigenvalue weighted by Gasteiger charge is 2.28. The summed E-state index contributed by atoms with van der Waals surface area (Å²) in [6.07, 6.45) is 5.27. The molecule has 0 unspecified atom stereocenters. The van der Waals surface area contributed by atoms with Crippen LogP contribution in [-0.2, 0) is 22.6 Å². The number of amides is 2. The Labute approximate surface area is 173 Å². The number of nitrogens with zero attached hydrogens (tertiary/aromatic N) is 1. The number of carbonyl (C=O) groups excluding carboxylic acids is 2. The van der Waals surface area contributed by atoms with Gasteiger partial charge in [-0.15, -0.1) is 12.4 Å². The van der Waals surface area contributed by atoms with Crippen molar-refractivity contribution in [2.75, 3.05) is 13.2 Å². The smallest absolute Gasteiger partial charge is 0.242 e. The molecular weight excluding hydrogens is 378 g/mol. The summed E-state index contributed by atoms with van der Waals surface area (Å²) in [7, 11) is 0. The van der Waals surface area contributed by atoms with Crippen LogP contribution in [0.5, 0.6) is 5.75 Å². The normalized spacial score (nSPS) is 16.9. The van der Waals surface area contributed by atoms with Crippen LogP contribution in [0.4, 0.5) is 0 Å². The Bertz CT molecular complexity index is 689. The number of rotatable bonds is 7. The van der Waals surface area contributed by atoms with Crippen molar-refractivity contribution in [3.8, 4) is 5.75 Å². The van der Waals surface area contributed by atoms with Gasteiger partial charge in [0.05, 0.1) is 19.2 Å². The molecule has 2 amide bonds. The van der Waals surface area contributed by atoms with E-state index in [9.17, 15) is 9.59 Å². The van der Waals surface area contributed by atoms with E-state index in [2.05, 4.69) is 11.4 Å². The molecule has 1 fully saturated rings. The molecule has 0 spiro atoms. The zero-order valence-corrected chi connectivity index (χ0v) is 17.6. The zero-order chi connectivity index (χ0) is 19.4. The molecule has 7 heteroatoms. The molecule has 3 N–H and O–H groups in total. The molecule has 6 nitrogen and oxygen atoms in total. The second kappa shape index (κ2) is 10.1. The first-order chi connectivity index (χ1) is 13.0. The predicted octanol–water partition coefficient (Wildman–Crippen LogP) is 2.41. The van der Waals surface area contributed by atoms with Crippen molar-refractivity contribution >= 4 is 24.2 Å². The van der Waals surface area contributed by atoms with Gasteiger partial charge in [0.1, 0.15) is 5.75 Å². The Morgan fingerprint density at radius 1 is 1.29 bits per heavy atom. The Morgan fingerprint density at radius 3 is 2.68 bits per heavy atom. The van der Waals surface area contributed by atoms with Gasteiger partial charge in [-0.2, -0.15) is 0 Å². The highest BCUT2D eigenvalue weighted by atomic mass is 35.5. The maximum Gasteiger partial charge on any atom is 0.242 e. The number of nitrogens with one attached hydrogen (secondary N) is 1. The largest absolute Gasteiger partial charge is 0.493 e. The number of carbonyl (C=O) groups is 2. The van der Waals surface area contributed by atoms with Crippen LogP contribution in [-0.4, -0.2) is 41.9 Å². The quantitative estimate of drug-likeness (QED) is 0.724. The van der Waals surface area contributed by atoms with Crippen LogP contribution in [0.25, 0.3) is 0 Å². The van der Waals surface area contributed by atoms with Gasteiger partial charge in [0, 0.05) is 19.0 Å². The van der Waals surface area contributed by atoms with Crippen LogP contribution in [0.15, 0.2) is 18.2 Å². The molecule has 1 aliphatic carbocycles. The Balaban J connectivity index is 0.00000280. The van der Waals surface area contributed by atoms with E-state index in [0.717, 1.165) is 50.0 Å². The molecule has 1 heterocycles. The molecule has 0 radical (unpaired) electrons. The van der Waals surface area contributed by atoms with Crippen LogP contribution in [0, 0.1) is 5.92 Å². The van der Waals surface area contributed by atoms with Crippen LogP contribution >= 0.6 is 12.4 Å². The van der Waals surface area contributed by atoms with Gasteiger partial charge in [-0.05, 0) is 36.0 Å². The van der Waals surface area contributed by atoms with Crippen molar-refractivity contribution in [3.63, 3.8) is 0 Å². The fourth-order valence-electron chi connectivity index (χ4n) is 3.86. The third kappa shape index (κ3) is 5.39. The van der Waals surface area contributed by atoms with E-state index in [1.54, 1.807) is 0 Å². The maximum absolute atomic E-state index is 12.9. The van der Waals surface area contributed by atoms with E-state index < -0.39 is 6.04 Å². The fraction of sp³-hybridized carbons (Fsp3) is 0.619. The maximum atomic E-state index is 12.9. The van der Waals surface area contributed by atoms with Crippen molar-refractivity contribution in [3.05, 3.63) is 29.3 Å². The summed E-state index contributed by atoms with van der Waals surface area (Å²) in [6, 6.07) is 5.84. The number of halogens is 1. The standard InChI is InChI=1S/C21H31N3O3.ClH/c1-14(2)20(22)21(26)23-12-19(25)24(17-5-3-4-6-17)13-15-7-8-18-16(11-15)9-10-27-18;/h7-8,11,14,17,20H,3-6,9-10,12-13,22H2,1-2H3,(H,23,26);1H/t20-;/m0./s1. The van der Waals surface area contributed by atoms with E-state index in [4.69, 9.17) is 10.5 Å². The highest BCUT2D eigenvalue weighted by molar-refractivity contribution is 5.87. The van der Waals surface area contributed by atoms with Crippen LogP contribution < -0.4 is 15.8 Å². The van der Waals surface area contributed by atoms with Crippen LogP contribution in [0.2, 0.25) is 0 Å². The number of benzene rings is 1. The summed E-state index contributed by atoms with van der Waals surface area (Å²) in [5.74, 6) is 0.689. The summed E-state index contributed by atoms with van der Waals surface area (Å²) < 4.78 is 5.57. The monoisotopic (exact) mass is 409 g/mol. The highest BCUT2D eigenvalue weighted by Crippen LogP contribution is 2.29. The van der Waals surface area contributed by atoms with E-state index in [-0.39, 0.29) is 42.7 Å². The summed E-state index contributed by atoms with van der Waals surface area (Å²) in [5.41, 5.74) is 8.20. The molecule has 1 atom stereocenters. The number of hydrogen-bond acceptors (Lipinski definition) is 4.